The third kappa shape index (κ3) is 4.57. The number of rotatable bonds is 4. The Bertz CT molecular complexity index is 602. The molecule has 24 heavy (non-hydrogen) atoms. The van der Waals surface area contributed by atoms with Crippen LogP contribution in [0.3, 0.4) is 0 Å². The molecule has 1 aliphatic heterocycles. The molecule has 0 aliphatic carbocycles. The molecule has 6 heteroatoms. The fourth-order valence-corrected chi connectivity index (χ4v) is 2.57. The van der Waals surface area contributed by atoms with Crippen molar-refractivity contribution in [1.82, 2.24) is 15.1 Å². The van der Waals surface area contributed by atoms with E-state index < -0.39 is 0 Å². The maximum Gasteiger partial charge on any atom is 0.253 e. The lowest BCUT2D eigenvalue weighted by molar-refractivity contribution is -0.130. The molecule has 1 aliphatic rings. The molecule has 1 N–H and O–H groups in total. The molecule has 2 rings (SSSR count). The van der Waals surface area contributed by atoms with Crippen LogP contribution in [0.5, 0.6) is 0 Å². The van der Waals surface area contributed by atoms with Gasteiger partial charge in [0.25, 0.3) is 11.8 Å². The van der Waals surface area contributed by atoms with Gasteiger partial charge in [-0.3, -0.25) is 14.4 Å². The van der Waals surface area contributed by atoms with Crippen molar-refractivity contribution >= 4 is 17.7 Å². The van der Waals surface area contributed by atoms with E-state index in [4.69, 9.17) is 0 Å². The molecule has 130 valence electrons. The van der Waals surface area contributed by atoms with Crippen LogP contribution in [-0.2, 0) is 4.79 Å². The monoisotopic (exact) mass is 331 g/mol. The molecule has 1 aromatic carbocycles. The summed E-state index contributed by atoms with van der Waals surface area (Å²) in [6, 6.07) is 6.72. The van der Waals surface area contributed by atoms with E-state index in [0.717, 1.165) is 0 Å². The Balaban J connectivity index is 1.94. The lowest BCUT2D eigenvalue weighted by Gasteiger charge is -2.34. The molecular weight excluding hydrogens is 306 g/mol. The highest BCUT2D eigenvalue weighted by Gasteiger charge is 2.23. The summed E-state index contributed by atoms with van der Waals surface area (Å²) in [6.45, 7) is 8.44. The summed E-state index contributed by atoms with van der Waals surface area (Å²) in [5.41, 5.74) is 1.11. The molecule has 0 atom stereocenters. The Morgan fingerprint density at radius 2 is 1.46 bits per heavy atom. The largest absolute Gasteiger partial charge is 0.352 e. The minimum absolute atomic E-state index is 0.0406. The second kappa shape index (κ2) is 7.95. The van der Waals surface area contributed by atoms with E-state index in [1.165, 1.54) is 0 Å². The number of hydrogen-bond donors (Lipinski definition) is 1. The zero-order valence-corrected chi connectivity index (χ0v) is 14.5. The van der Waals surface area contributed by atoms with Gasteiger partial charge in [0.05, 0.1) is 0 Å². The third-order valence-corrected chi connectivity index (χ3v) is 4.08. The summed E-state index contributed by atoms with van der Waals surface area (Å²) in [7, 11) is 0. The molecule has 0 aromatic heterocycles. The molecule has 0 spiro atoms. The first-order valence-corrected chi connectivity index (χ1v) is 8.31. The number of piperazine rings is 1. The van der Waals surface area contributed by atoms with Crippen molar-refractivity contribution in [2.24, 2.45) is 5.92 Å². The van der Waals surface area contributed by atoms with Crippen molar-refractivity contribution in [3.05, 3.63) is 35.4 Å². The van der Waals surface area contributed by atoms with E-state index in [9.17, 15) is 14.4 Å². The highest BCUT2D eigenvalue weighted by atomic mass is 16.2. The van der Waals surface area contributed by atoms with Crippen LogP contribution in [0.1, 0.15) is 41.5 Å². The summed E-state index contributed by atoms with van der Waals surface area (Å²) in [6.07, 6.45) is 0. The van der Waals surface area contributed by atoms with Gasteiger partial charge in [0, 0.05) is 50.8 Å². The zero-order valence-electron chi connectivity index (χ0n) is 14.5. The SMILES string of the molecule is CC(=O)N1CCN(C(=O)c2ccc(C(=O)NCC(C)C)cc2)CC1. The van der Waals surface area contributed by atoms with Crippen LogP contribution in [0.2, 0.25) is 0 Å². The average molecular weight is 331 g/mol. The summed E-state index contributed by atoms with van der Waals surface area (Å²) in [5.74, 6) is 0.243. The quantitative estimate of drug-likeness (QED) is 0.906. The second-order valence-electron chi connectivity index (χ2n) is 6.48. The topological polar surface area (TPSA) is 69.7 Å². The van der Waals surface area contributed by atoms with Gasteiger partial charge in [-0.25, -0.2) is 0 Å². The molecule has 0 saturated carbocycles. The molecule has 1 heterocycles. The van der Waals surface area contributed by atoms with Gasteiger partial charge in [0.15, 0.2) is 0 Å². The average Bonchev–Trinajstić information content (AvgIpc) is 2.59. The Labute approximate surface area is 142 Å². The lowest BCUT2D eigenvalue weighted by atomic mass is 10.1. The number of hydrogen-bond acceptors (Lipinski definition) is 3. The minimum atomic E-state index is -0.127. The van der Waals surface area contributed by atoms with E-state index in [0.29, 0.717) is 49.8 Å². The molecule has 6 nitrogen and oxygen atoms in total. The number of benzene rings is 1. The molecule has 1 aromatic rings. The van der Waals surface area contributed by atoms with Crippen LogP contribution in [0.4, 0.5) is 0 Å². The summed E-state index contributed by atoms with van der Waals surface area (Å²) >= 11 is 0. The van der Waals surface area contributed by atoms with Crippen LogP contribution < -0.4 is 5.32 Å². The first-order chi connectivity index (χ1) is 11.4. The summed E-state index contributed by atoms with van der Waals surface area (Å²) < 4.78 is 0. The van der Waals surface area contributed by atoms with E-state index in [2.05, 4.69) is 5.32 Å². The van der Waals surface area contributed by atoms with Gasteiger partial charge in [-0.2, -0.15) is 0 Å². The van der Waals surface area contributed by atoms with Crippen LogP contribution in [0, 0.1) is 5.92 Å². The number of amides is 3. The lowest BCUT2D eigenvalue weighted by Crippen LogP contribution is -2.50. The second-order valence-corrected chi connectivity index (χ2v) is 6.48. The Kier molecular flexibility index (Phi) is 5.95. The van der Waals surface area contributed by atoms with E-state index in [1.54, 1.807) is 41.0 Å². The zero-order chi connectivity index (χ0) is 17.7. The van der Waals surface area contributed by atoms with Crippen molar-refractivity contribution in [2.75, 3.05) is 32.7 Å². The van der Waals surface area contributed by atoms with Crippen molar-refractivity contribution < 1.29 is 14.4 Å². The standard InChI is InChI=1S/C18H25N3O3/c1-13(2)12-19-17(23)15-4-6-16(7-5-15)18(24)21-10-8-20(9-11-21)14(3)22/h4-7,13H,8-12H2,1-3H3,(H,19,23). The van der Waals surface area contributed by atoms with Crippen LogP contribution in [0.15, 0.2) is 24.3 Å². The van der Waals surface area contributed by atoms with Gasteiger partial charge in [-0.05, 0) is 30.2 Å². The Morgan fingerprint density at radius 3 is 1.96 bits per heavy atom. The van der Waals surface area contributed by atoms with Crippen LogP contribution in [0.25, 0.3) is 0 Å². The van der Waals surface area contributed by atoms with E-state index in [-0.39, 0.29) is 17.7 Å². The minimum Gasteiger partial charge on any atom is -0.352 e. The van der Waals surface area contributed by atoms with Crippen molar-refractivity contribution in [3.63, 3.8) is 0 Å². The first-order valence-electron chi connectivity index (χ1n) is 8.31. The Hall–Kier alpha value is -2.37. The smallest absolute Gasteiger partial charge is 0.253 e. The fourth-order valence-electron chi connectivity index (χ4n) is 2.57. The molecule has 3 amide bonds. The van der Waals surface area contributed by atoms with Crippen molar-refractivity contribution in [3.8, 4) is 0 Å². The molecule has 1 fully saturated rings. The summed E-state index contributed by atoms with van der Waals surface area (Å²) in [5, 5.41) is 2.85. The van der Waals surface area contributed by atoms with Crippen LogP contribution in [-0.4, -0.2) is 60.2 Å². The van der Waals surface area contributed by atoms with Gasteiger partial charge in [0.1, 0.15) is 0 Å². The molecule has 0 bridgehead atoms. The van der Waals surface area contributed by atoms with Gasteiger partial charge < -0.3 is 15.1 Å². The van der Waals surface area contributed by atoms with Gasteiger partial charge in [0.2, 0.25) is 5.91 Å². The van der Waals surface area contributed by atoms with E-state index >= 15 is 0 Å². The predicted octanol–water partition coefficient (Wildman–Crippen LogP) is 1.38. The normalized spacial score (nSPS) is 14.7. The van der Waals surface area contributed by atoms with Crippen molar-refractivity contribution in [1.29, 1.82) is 0 Å². The number of carbonyl (C=O) groups excluding carboxylic acids is 3. The number of nitrogens with one attached hydrogen (secondary N) is 1. The molecule has 0 unspecified atom stereocenters. The number of nitrogens with zero attached hydrogens (tertiary/aromatic N) is 2. The molecule has 0 radical (unpaired) electrons. The van der Waals surface area contributed by atoms with Gasteiger partial charge in [-0.1, -0.05) is 13.8 Å². The fraction of sp³-hybridized carbons (Fsp3) is 0.500. The Morgan fingerprint density at radius 1 is 0.958 bits per heavy atom. The summed E-state index contributed by atoms with van der Waals surface area (Å²) in [4.78, 5) is 39.3. The number of carbonyl (C=O) groups is 3. The van der Waals surface area contributed by atoms with Crippen molar-refractivity contribution in [2.45, 2.75) is 20.8 Å². The molecule has 1 saturated heterocycles. The maximum absolute atomic E-state index is 12.5. The van der Waals surface area contributed by atoms with E-state index in [1.807, 2.05) is 13.8 Å². The highest BCUT2D eigenvalue weighted by Crippen LogP contribution is 2.11. The van der Waals surface area contributed by atoms with Gasteiger partial charge in [-0.15, -0.1) is 0 Å². The maximum atomic E-state index is 12.5. The third-order valence-electron chi connectivity index (χ3n) is 4.08. The predicted molar refractivity (Wildman–Crippen MR) is 91.8 cm³/mol. The van der Waals surface area contributed by atoms with Gasteiger partial charge >= 0.3 is 0 Å². The first kappa shape index (κ1) is 18.0. The van der Waals surface area contributed by atoms with Crippen LogP contribution >= 0.6 is 0 Å². The molecular formula is C18H25N3O3. The highest BCUT2D eigenvalue weighted by molar-refractivity contribution is 5.97.